The Bertz CT molecular complexity index is 548. The molecular formula is C12H11F6NO2. The first-order valence-electron chi connectivity index (χ1n) is 5.48. The van der Waals surface area contributed by atoms with E-state index in [0.29, 0.717) is 0 Å². The van der Waals surface area contributed by atoms with Gasteiger partial charge in [-0.05, 0) is 30.7 Å². The first kappa shape index (κ1) is 17.3. The Balaban J connectivity index is 3.62. The maximum Gasteiger partial charge on any atom is 0.416 e. The van der Waals surface area contributed by atoms with Crippen LogP contribution in [0, 0.1) is 0 Å². The number of methoxy groups -OCH3 is 1. The Morgan fingerprint density at radius 2 is 1.57 bits per heavy atom. The molecule has 0 unspecified atom stereocenters. The van der Waals surface area contributed by atoms with E-state index in [4.69, 9.17) is 5.73 Å². The maximum atomic E-state index is 12.9. The van der Waals surface area contributed by atoms with E-state index in [9.17, 15) is 31.1 Å². The lowest BCUT2D eigenvalue weighted by Crippen LogP contribution is -2.44. The molecule has 1 aromatic carbocycles. The Labute approximate surface area is 115 Å². The van der Waals surface area contributed by atoms with Crippen molar-refractivity contribution in [1.82, 2.24) is 0 Å². The molecule has 0 aliphatic rings. The molecule has 0 radical (unpaired) electrons. The summed E-state index contributed by atoms with van der Waals surface area (Å²) >= 11 is 0. The highest BCUT2D eigenvalue weighted by molar-refractivity contribution is 5.82. The van der Waals surface area contributed by atoms with Gasteiger partial charge in [-0.1, -0.05) is 0 Å². The molecule has 0 spiro atoms. The average molecular weight is 315 g/mol. The molecule has 1 aromatic rings. The van der Waals surface area contributed by atoms with E-state index < -0.39 is 40.6 Å². The van der Waals surface area contributed by atoms with Crippen LogP contribution in [-0.4, -0.2) is 13.1 Å². The van der Waals surface area contributed by atoms with Crippen molar-refractivity contribution in [3.63, 3.8) is 0 Å². The molecule has 0 aromatic heterocycles. The minimum absolute atomic E-state index is 0.208. The zero-order valence-electron chi connectivity index (χ0n) is 10.9. The van der Waals surface area contributed by atoms with Gasteiger partial charge in [0.15, 0.2) is 0 Å². The number of hydrogen-bond acceptors (Lipinski definition) is 3. The minimum Gasteiger partial charge on any atom is -0.467 e. The molecule has 9 heteroatoms. The smallest absolute Gasteiger partial charge is 0.416 e. The largest absolute Gasteiger partial charge is 0.467 e. The quantitative estimate of drug-likeness (QED) is 0.674. The number of nitrogens with two attached hydrogens (primary N) is 1. The number of carbonyl (C=O) groups excluding carboxylic acids is 1. The van der Waals surface area contributed by atoms with Crippen LogP contribution in [0.15, 0.2) is 18.2 Å². The van der Waals surface area contributed by atoms with Crippen molar-refractivity contribution < 1.29 is 35.9 Å². The fraction of sp³-hybridized carbons (Fsp3) is 0.417. The number of benzene rings is 1. The molecule has 118 valence electrons. The van der Waals surface area contributed by atoms with E-state index in [1.165, 1.54) is 0 Å². The zero-order valence-corrected chi connectivity index (χ0v) is 10.9. The van der Waals surface area contributed by atoms with E-state index in [-0.39, 0.29) is 18.2 Å². The topological polar surface area (TPSA) is 52.3 Å². The van der Waals surface area contributed by atoms with Crippen LogP contribution in [0.4, 0.5) is 26.3 Å². The summed E-state index contributed by atoms with van der Waals surface area (Å²) in [5, 5.41) is 0. The van der Waals surface area contributed by atoms with Crippen LogP contribution >= 0.6 is 0 Å². The molecule has 0 amide bonds. The molecular weight excluding hydrogens is 304 g/mol. The van der Waals surface area contributed by atoms with Gasteiger partial charge in [0.2, 0.25) is 0 Å². The van der Waals surface area contributed by atoms with Crippen molar-refractivity contribution in [2.45, 2.75) is 24.8 Å². The van der Waals surface area contributed by atoms with E-state index in [2.05, 4.69) is 4.74 Å². The fourth-order valence-corrected chi connectivity index (χ4v) is 1.72. The lowest BCUT2D eigenvalue weighted by molar-refractivity contribution is -0.149. The molecule has 0 aliphatic heterocycles. The lowest BCUT2D eigenvalue weighted by Gasteiger charge is -2.26. The zero-order chi connectivity index (χ0) is 16.6. The van der Waals surface area contributed by atoms with E-state index >= 15 is 0 Å². The number of ether oxygens (including phenoxy) is 1. The first-order chi connectivity index (χ1) is 9.31. The molecule has 21 heavy (non-hydrogen) atoms. The van der Waals surface area contributed by atoms with Gasteiger partial charge < -0.3 is 10.5 Å². The van der Waals surface area contributed by atoms with Crippen LogP contribution in [0.2, 0.25) is 0 Å². The third kappa shape index (κ3) is 3.46. The van der Waals surface area contributed by atoms with Gasteiger partial charge in [0.05, 0.1) is 18.2 Å². The van der Waals surface area contributed by atoms with Crippen molar-refractivity contribution in [3.8, 4) is 0 Å². The number of esters is 1. The molecule has 0 fully saturated rings. The number of carbonyl (C=O) groups is 1. The summed E-state index contributed by atoms with van der Waals surface area (Å²) in [6.07, 6.45) is -9.83. The summed E-state index contributed by atoms with van der Waals surface area (Å²) in [6, 6.07) is 0.728. The highest BCUT2D eigenvalue weighted by Crippen LogP contribution is 2.39. The second-order valence-electron chi connectivity index (χ2n) is 4.45. The first-order valence-corrected chi connectivity index (χ1v) is 5.48. The predicted molar refractivity (Wildman–Crippen MR) is 60.0 cm³/mol. The van der Waals surface area contributed by atoms with Crippen molar-refractivity contribution in [2.75, 3.05) is 7.11 Å². The van der Waals surface area contributed by atoms with Gasteiger partial charge in [-0.15, -0.1) is 0 Å². The van der Waals surface area contributed by atoms with Crippen LogP contribution in [0.5, 0.6) is 0 Å². The average Bonchev–Trinajstić information content (AvgIpc) is 2.34. The van der Waals surface area contributed by atoms with Gasteiger partial charge in [0.1, 0.15) is 5.54 Å². The molecule has 0 saturated heterocycles. The monoisotopic (exact) mass is 315 g/mol. The van der Waals surface area contributed by atoms with Crippen LogP contribution in [0.3, 0.4) is 0 Å². The van der Waals surface area contributed by atoms with Crippen molar-refractivity contribution in [1.29, 1.82) is 0 Å². The SMILES string of the molecule is COC(=O)[C@@](C)(N)c1cc(C(F)(F)F)ccc1C(F)(F)F. The second kappa shape index (κ2) is 5.21. The normalized spacial score (nSPS) is 15.5. The summed E-state index contributed by atoms with van der Waals surface area (Å²) in [7, 11) is 0.869. The number of rotatable bonds is 2. The van der Waals surface area contributed by atoms with Gasteiger partial charge in [0, 0.05) is 0 Å². The lowest BCUT2D eigenvalue weighted by atomic mass is 9.87. The fourth-order valence-electron chi connectivity index (χ4n) is 1.72. The minimum atomic E-state index is -4.96. The molecule has 2 N–H and O–H groups in total. The summed E-state index contributed by atoms with van der Waals surface area (Å²) in [6.45, 7) is 0.851. The predicted octanol–water partition coefficient (Wildman–Crippen LogP) is 3.07. The van der Waals surface area contributed by atoms with Crippen LogP contribution in [-0.2, 0) is 27.4 Å². The number of alkyl halides is 6. The Morgan fingerprint density at radius 1 is 1.05 bits per heavy atom. The number of hydrogen-bond donors (Lipinski definition) is 1. The van der Waals surface area contributed by atoms with Crippen molar-refractivity contribution >= 4 is 5.97 Å². The summed E-state index contributed by atoms with van der Waals surface area (Å²) < 4.78 is 80.8. The Kier molecular flexibility index (Phi) is 4.29. The molecule has 3 nitrogen and oxygen atoms in total. The molecule has 0 saturated carbocycles. The van der Waals surface area contributed by atoms with Crippen LogP contribution < -0.4 is 5.73 Å². The van der Waals surface area contributed by atoms with E-state index in [0.717, 1.165) is 14.0 Å². The van der Waals surface area contributed by atoms with Gasteiger partial charge in [-0.2, -0.15) is 26.3 Å². The van der Waals surface area contributed by atoms with E-state index in [1.54, 1.807) is 0 Å². The molecule has 0 heterocycles. The second-order valence-corrected chi connectivity index (χ2v) is 4.45. The number of halogens is 6. The highest BCUT2D eigenvalue weighted by atomic mass is 19.4. The molecule has 0 bridgehead atoms. The third-order valence-electron chi connectivity index (χ3n) is 2.82. The van der Waals surface area contributed by atoms with E-state index in [1.807, 2.05) is 0 Å². The van der Waals surface area contributed by atoms with Gasteiger partial charge in [-0.25, -0.2) is 4.79 Å². The molecule has 1 atom stereocenters. The van der Waals surface area contributed by atoms with Crippen molar-refractivity contribution in [2.24, 2.45) is 5.73 Å². The molecule has 1 rings (SSSR count). The Hall–Kier alpha value is -1.77. The van der Waals surface area contributed by atoms with Crippen LogP contribution in [0.25, 0.3) is 0 Å². The molecule has 0 aliphatic carbocycles. The van der Waals surface area contributed by atoms with Gasteiger partial charge in [0.25, 0.3) is 0 Å². The summed E-state index contributed by atoms with van der Waals surface area (Å²) in [5.41, 5.74) is -0.684. The summed E-state index contributed by atoms with van der Waals surface area (Å²) in [4.78, 5) is 11.5. The highest BCUT2D eigenvalue weighted by Gasteiger charge is 2.44. The van der Waals surface area contributed by atoms with Gasteiger partial charge >= 0.3 is 18.3 Å². The van der Waals surface area contributed by atoms with Gasteiger partial charge in [-0.3, -0.25) is 0 Å². The standard InChI is InChI=1S/C12H11F6NO2/c1-10(19,9(20)21-2)8-5-6(11(13,14)15)3-4-7(8)12(16,17)18/h3-5H,19H2,1-2H3/t10-/m0/s1. The van der Waals surface area contributed by atoms with Crippen LogP contribution in [0.1, 0.15) is 23.6 Å². The van der Waals surface area contributed by atoms with Crippen molar-refractivity contribution in [3.05, 3.63) is 34.9 Å². The third-order valence-corrected chi connectivity index (χ3v) is 2.82. The summed E-state index contributed by atoms with van der Waals surface area (Å²) in [5.74, 6) is -1.28. The Morgan fingerprint density at radius 3 is 1.95 bits per heavy atom. The maximum absolute atomic E-state index is 12.9.